The zero-order valence-corrected chi connectivity index (χ0v) is 26.5. The lowest BCUT2D eigenvalue weighted by atomic mass is 9.99. The number of hydrogen-bond donors (Lipinski definition) is 0. The smallest absolute Gasteiger partial charge is 0.160 e. The molecule has 0 saturated heterocycles. The van der Waals surface area contributed by atoms with E-state index in [1.54, 1.807) is 0 Å². The molecule has 0 aliphatic carbocycles. The van der Waals surface area contributed by atoms with E-state index in [0.29, 0.717) is 5.82 Å². The Labute approximate surface area is 282 Å². The van der Waals surface area contributed by atoms with E-state index >= 15 is 0 Å². The van der Waals surface area contributed by atoms with E-state index < -0.39 is 0 Å². The van der Waals surface area contributed by atoms with Crippen LogP contribution >= 0.6 is 0 Å². The normalized spacial score (nSPS) is 11.7. The van der Waals surface area contributed by atoms with E-state index in [0.717, 1.165) is 66.7 Å². The van der Waals surface area contributed by atoms with Gasteiger partial charge in [-0.25, -0.2) is 15.0 Å². The number of hydrogen-bond acceptors (Lipinski definition) is 3. The molecule has 0 aliphatic heterocycles. The van der Waals surface area contributed by atoms with Gasteiger partial charge in [0.25, 0.3) is 0 Å². The van der Waals surface area contributed by atoms with Gasteiger partial charge < -0.3 is 4.40 Å². The van der Waals surface area contributed by atoms with Crippen LogP contribution in [0.25, 0.3) is 94.2 Å². The Kier molecular flexibility index (Phi) is 6.15. The predicted octanol–water partition coefficient (Wildman–Crippen LogP) is 11.4. The molecule has 228 valence electrons. The summed E-state index contributed by atoms with van der Waals surface area (Å²) in [6, 6.07) is 59.6. The fourth-order valence-electron chi connectivity index (χ4n) is 7.19. The molecule has 7 aromatic carbocycles. The fourth-order valence-corrected chi connectivity index (χ4v) is 7.19. The van der Waals surface area contributed by atoms with Gasteiger partial charge in [0.2, 0.25) is 0 Å². The summed E-state index contributed by atoms with van der Waals surface area (Å²) in [5.74, 6) is 0.695. The Bertz CT molecular complexity index is 2900. The molecule has 3 aromatic heterocycles. The summed E-state index contributed by atoms with van der Waals surface area (Å²) < 4.78 is 2.33. The molecule has 0 radical (unpaired) electrons. The second-order valence-electron chi connectivity index (χ2n) is 12.5. The molecule has 0 amide bonds. The van der Waals surface area contributed by atoms with Gasteiger partial charge in [-0.15, -0.1) is 0 Å². The molecule has 0 fully saturated rings. The Morgan fingerprint density at radius 1 is 0.367 bits per heavy atom. The Hall–Kier alpha value is -6.65. The van der Waals surface area contributed by atoms with Crippen LogP contribution in [0.4, 0.5) is 0 Å². The van der Waals surface area contributed by atoms with Crippen molar-refractivity contribution >= 4 is 49.0 Å². The maximum Gasteiger partial charge on any atom is 0.160 e. The van der Waals surface area contributed by atoms with Crippen molar-refractivity contribution in [2.75, 3.05) is 0 Å². The molecular formula is C45H28N4. The number of benzene rings is 7. The fraction of sp³-hybridized carbons (Fsp3) is 0. The van der Waals surface area contributed by atoms with Crippen molar-refractivity contribution in [1.82, 2.24) is 19.4 Å². The minimum atomic E-state index is 0.695. The minimum absolute atomic E-state index is 0.695. The van der Waals surface area contributed by atoms with E-state index in [2.05, 4.69) is 174 Å². The van der Waals surface area contributed by atoms with Gasteiger partial charge >= 0.3 is 0 Å². The molecule has 10 rings (SSSR count). The van der Waals surface area contributed by atoms with E-state index in [9.17, 15) is 0 Å². The second-order valence-corrected chi connectivity index (χ2v) is 12.5. The average Bonchev–Trinajstić information content (AvgIpc) is 3.57. The topological polar surface area (TPSA) is 43.1 Å². The molecule has 0 atom stereocenters. The average molecular weight is 625 g/mol. The van der Waals surface area contributed by atoms with Gasteiger partial charge in [-0.3, -0.25) is 0 Å². The second kappa shape index (κ2) is 11.0. The lowest BCUT2D eigenvalue weighted by Gasteiger charge is -2.13. The van der Waals surface area contributed by atoms with E-state index in [1.165, 1.54) is 21.7 Å². The zero-order valence-electron chi connectivity index (χ0n) is 26.5. The van der Waals surface area contributed by atoms with Crippen molar-refractivity contribution in [3.05, 3.63) is 170 Å². The van der Waals surface area contributed by atoms with Gasteiger partial charge in [0, 0.05) is 27.6 Å². The number of nitrogens with zero attached hydrogens (tertiary/aromatic N) is 4. The highest BCUT2D eigenvalue weighted by Gasteiger charge is 2.17. The van der Waals surface area contributed by atoms with Gasteiger partial charge in [0.15, 0.2) is 5.82 Å². The van der Waals surface area contributed by atoms with E-state index in [4.69, 9.17) is 15.0 Å². The minimum Gasteiger partial charge on any atom is -0.306 e. The quantitative estimate of drug-likeness (QED) is 0.196. The molecule has 49 heavy (non-hydrogen) atoms. The number of fused-ring (bicyclic) bond motifs is 7. The molecule has 0 N–H and O–H groups in total. The summed E-state index contributed by atoms with van der Waals surface area (Å²) in [5.41, 5.74) is 11.1. The summed E-state index contributed by atoms with van der Waals surface area (Å²) in [7, 11) is 0. The van der Waals surface area contributed by atoms with Crippen molar-refractivity contribution in [2.45, 2.75) is 0 Å². The van der Waals surface area contributed by atoms with Gasteiger partial charge in [0.05, 0.1) is 39.1 Å². The zero-order chi connectivity index (χ0) is 32.3. The highest BCUT2D eigenvalue weighted by molar-refractivity contribution is 5.99. The van der Waals surface area contributed by atoms with Crippen LogP contribution in [0, 0.1) is 0 Å². The SMILES string of the molecule is c1cc(-c2cc(-c3cccc4ccccc34)nc(-c3ccc4ccccc4c3)n2)cc(-c2nc3ccccc3n3c2cc2ccccc23)c1. The summed E-state index contributed by atoms with van der Waals surface area (Å²) >= 11 is 0. The van der Waals surface area contributed by atoms with Crippen LogP contribution in [-0.4, -0.2) is 19.4 Å². The molecule has 0 saturated carbocycles. The first-order valence-electron chi connectivity index (χ1n) is 16.5. The highest BCUT2D eigenvalue weighted by atomic mass is 14.9. The van der Waals surface area contributed by atoms with Crippen LogP contribution in [0.3, 0.4) is 0 Å². The third-order valence-electron chi connectivity index (χ3n) is 9.54. The van der Waals surface area contributed by atoms with Crippen LogP contribution in [0.2, 0.25) is 0 Å². The number of rotatable bonds is 4. The Balaban J connectivity index is 1.20. The van der Waals surface area contributed by atoms with Crippen LogP contribution in [0.15, 0.2) is 170 Å². The Morgan fingerprint density at radius 3 is 1.98 bits per heavy atom. The lowest BCUT2D eigenvalue weighted by Crippen LogP contribution is -1.97. The molecule has 0 bridgehead atoms. The standard InChI is InChI=1S/C45H28N4/c1-2-13-31-25-35(24-23-29(31)11-1)45-47-39(28-40(48-45)37-19-10-15-30-12-3-5-18-36(30)37)32-16-9-17-34(26-32)44-43-27-33-14-4-7-21-41(33)49(43)42-22-8-6-20-38(42)46-44/h1-28H. The van der Waals surface area contributed by atoms with Crippen molar-refractivity contribution in [2.24, 2.45) is 0 Å². The lowest BCUT2D eigenvalue weighted by molar-refractivity contribution is 1.19. The van der Waals surface area contributed by atoms with Crippen molar-refractivity contribution < 1.29 is 0 Å². The van der Waals surface area contributed by atoms with Gasteiger partial charge in [-0.2, -0.15) is 0 Å². The molecule has 3 heterocycles. The third-order valence-corrected chi connectivity index (χ3v) is 9.54. The molecule has 0 spiro atoms. The summed E-state index contributed by atoms with van der Waals surface area (Å²) in [6.45, 7) is 0. The summed E-state index contributed by atoms with van der Waals surface area (Å²) in [4.78, 5) is 15.7. The van der Waals surface area contributed by atoms with Gasteiger partial charge in [-0.05, 0) is 64.0 Å². The van der Waals surface area contributed by atoms with Crippen LogP contribution in [-0.2, 0) is 0 Å². The summed E-state index contributed by atoms with van der Waals surface area (Å²) in [6.07, 6.45) is 0. The third kappa shape index (κ3) is 4.57. The monoisotopic (exact) mass is 624 g/mol. The maximum absolute atomic E-state index is 5.24. The number of aromatic nitrogens is 4. The molecule has 4 nitrogen and oxygen atoms in total. The highest BCUT2D eigenvalue weighted by Crippen LogP contribution is 2.36. The van der Waals surface area contributed by atoms with Crippen molar-refractivity contribution in [3.8, 4) is 45.2 Å². The largest absolute Gasteiger partial charge is 0.306 e. The Morgan fingerprint density at radius 2 is 1.06 bits per heavy atom. The van der Waals surface area contributed by atoms with Crippen LogP contribution in [0.5, 0.6) is 0 Å². The molecule has 0 unspecified atom stereocenters. The number of para-hydroxylation sites is 3. The van der Waals surface area contributed by atoms with E-state index in [-0.39, 0.29) is 0 Å². The first kappa shape index (κ1) is 27.5. The van der Waals surface area contributed by atoms with Gasteiger partial charge in [0.1, 0.15) is 0 Å². The van der Waals surface area contributed by atoms with E-state index in [1.807, 2.05) is 0 Å². The van der Waals surface area contributed by atoms with Crippen LogP contribution < -0.4 is 0 Å². The maximum atomic E-state index is 5.24. The van der Waals surface area contributed by atoms with Crippen molar-refractivity contribution in [3.63, 3.8) is 0 Å². The molecule has 0 aliphatic rings. The molecule has 4 heteroatoms. The first-order chi connectivity index (χ1) is 24.3. The van der Waals surface area contributed by atoms with Crippen molar-refractivity contribution in [1.29, 1.82) is 0 Å². The first-order valence-corrected chi connectivity index (χ1v) is 16.5. The molecular weight excluding hydrogens is 597 g/mol. The molecule has 10 aromatic rings. The van der Waals surface area contributed by atoms with Crippen LogP contribution in [0.1, 0.15) is 0 Å². The van der Waals surface area contributed by atoms with Gasteiger partial charge in [-0.1, -0.05) is 127 Å². The summed E-state index contributed by atoms with van der Waals surface area (Å²) in [5, 5.41) is 5.88. The predicted molar refractivity (Wildman–Crippen MR) is 203 cm³/mol.